The van der Waals surface area contributed by atoms with Crippen LogP contribution < -0.4 is 0 Å². The highest BCUT2D eigenvalue weighted by atomic mass is 79.9. The summed E-state index contributed by atoms with van der Waals surface area (Å²) >= 11 is 10.5. The Morgan fingerprint density at radius 1 is 1.77 bits per heavy atom. The molecule has 1 rings (SSSR count). The molecule has 0 saturated heterocycles. The van der Waals surface area contributed by atoms with Crippen molar-refractivity contribution in [2.75, 3.05) is 5.75 Å². The molecule has 2 nitrogen and oxygen atoms in total. The maximum Gasteiger partial charge on any atom is 0.130 e. The van der Waals surface area contributed by atoms with Crippen molar-refractivity contribution < 1.29 is 0 Å². The Balaban J connectivity index is 2.56. The third-order valence-electron chi connectivity index (χ3n) is 1.23. The monoisotopic (exact) mass is 276 g/mol. The molecule has 0 N–H and O–H groups in total. The summed E-state index contributed by atoms with van der Waals surface area (Å²) in [5.41, 5.74) is 0. The molecule has 0 aromatic carbocycles. The van der Waals surface area contributed by atoms with Gasteiger partial charge in [0.1, 0.15) is 10.4 Å². The second-order valence-electron chi connectivity index (χ2n) is 2.20. The lowest BCUT2D eigenvalue weighted by molar-refractivity contribution is 1.10. The Labute approximate surface area is 94.4 Å². The van der Waals surface area contributed by atoms with Crippen molar-refractivity contribution in [2.45, 2.75) is 10.4 Å². The quantitative estimate of drug-likeness (QED) is 0.629. The number of rotatable bonds is 3. The average Bonchev–Trinajstić information content (AvgIpc) is 2.16. The predicted octanol–water partition coefficient (Wildman–Crippen LogP) is 3.07. The SMILES string of the molecule is N#CC(Cl)CSc1ncccc1Br. The van der Waals surface area contributed by atoms with E-state index in [2.05, 4.69) is 20.9 Å². The molecule has 0 aliphatic heterocycles. The van der Waals surface area contributed by atoms with Gasteiger partial charge in [0, 0.05) is 16.4 Å². The largest absolute Gasteiger partial charge is 0.249 e. The number of aromatic nitrogens is 1. The molecular formula is C8H6BrClN2S. The van der Waals surface area contributed by atoms with Crippen LogP contribution in [0.2, 0.25) is 0 Å². The first kappa shape index (κ1) is 10.8. The zero-order valence-electron chi connectivity index (χ0n) is 6.58. The molecule has 1 aromatic heterocycles. The predicted molar refractivity (Wildman–Crippen MR) is 57.9 cm³/mol. The highest BCUT2D eigenvalue weighted by Gasteiger charge is 2.06. The molecule has 5 heteroatoms. The summed E-state index contributed by atoms with van der Waals surface area (Å²) < 4.78 is 0.932. The molecule has 1 unspecified atom stereocenters. The Hall–Kier alpha value is -0.240. The smallest absolute Gasteiger partial charge is 0.130 e. The lowest BCUT2D eigenvalue weighted by Crippen LogP contribution is -1.97. The van der Waals surface area contributed by atoms with E-state index in [9.17, 15) is 0 Å². The van der Waals surface area contributed by atoms with Gasteiger partial charge in [-0.1, -0.05) is 0 Å². The molecule has 68 valence electrons. The Kier molecular flexibility index (Phi) is 4.57. The van der Waals surface area contributed by atoms with E-state index < -0.39 is 5.38 Å². The van der Waals surface area contributed by atoms with Gasteiger partial charge in [-0.3, -0.25) is 0 Å². The number of halogens is 2. The van der Waals surface area contributed by atoms with Gasteiger partial charge in [0.05, 0.1) is 6.07 Å². The second-order valence-corrected chi connectivity index (χ2v) is 4.59. The summed E-state index contributed by atoms with van der Waals surface area (Å²) in [4.78, 5) is 4.13. The topological polar surface area (TPSA) is 36.7 Å². The van der Waals surface area contributed by atoms with Crippen LogP contribution in [-0.4, -0.2) is 16.1 Å². The van der Waals surface area contributed by atoms with E-state index in [1.165, 1.54) is 11.8 Å². The van der Waals surface area contributed by atoms with Crippen molar-refractivity contribution in [1.82, 2.24) is 4.98 Å². The van der Waals surface area contributed by atoms with E-state index >= 15 is 0 Å². The van der Waals surface area contributed by atoms with Gasteiger partial charge in [-0.25, -0.2) is 4.98 Å². The molecule has 13 heavy (non-hydrogen) atoms. The fraction of sp³-hybridized carbons (Fsp3) is 0.250. The van der Waals surface area contributed by atoms with Gasteiger partial charge in [0.2, 0.25) is 0 Å². The van der Waals surface area contributed by atoms with Gasteiger partial charge in [-0.2, -0.15) is 5.26 Å². The van der Waals surface area contributed by atoms with Gasteiger partial charge >= 0.3 is 0 Å². The Morgan fingerprint density at radius 2 is 2.54 bits per heavy atom. The molecular weight excluding hydrogens is 272 g/mol. The fourth-order valence-corrected chi connectivity index (χ4v) is 2.17. The number of hydrogen-bond acceptors (Lipinski definition) is 3. The first-order chi connectivity index (χ1) is 6.24. The van der Waals surface area contributed by atoms with Crippen LogP contribution in [0.25, 0.3) is 0 Å². The molecule has 1 aromatic rings. The summed E-state index contributed by atoms with van der Waals surface area (Å²) in [6.45, 7) is 0. The summed E-state index contributed by atoms with van der Waals surface area (Å²) in [5, 5.41) is 8.86. The number of nitrogens with zero attached hydrogens (tertiary/aromatic N) is 2. The number of nitriles is 1. The molecule has 0 saturated carbocycles. The highest BCUT2D eigenvalue weighted by Crippen LogP contribution is 2.25. The normalized spacial score (nSPS) is 12.1. The first-order valence-electron chi connectivity index (χ1n) is 3.51. The minimum atomic E-state index is -0.459. The third kappa shape index (κ3) is 3.55. The van der Waals surface area contributed by atoms with Crippen LogP contribution in [0.1, 0.15) is 0 Å². The van der Waals surface area contributed by atoms with Crippen LogP contribution in [0.3, 0.4) is 0 Å². The molecule has 0 radical (unpaired) electrons. The van der Waals surface area contributed by atoms with Crippen LogP contribution in [0.15, 0.2) is 27.8 Å². The van der Waals surface area contributed by atoms with Crippen molar-refractivity contribution >= 4 is 39.3 Å². The van der Waals surface area contributed by atoms with E-state index in [4.69, 9.17) is 16.9 Å². The molecule has 0 fully saturated rings. The molecule has 1 atom stereocenters. The standard InChI is InChI=1S/C8H6BrClN2S/c9-7-2-1-3-12-8(7)13-5-6(10)4-11/h1-3,6H,5H2. The lowest BCUT2D eigenvalue weighted by Gasteiger charge is -2.01. The van der Waals surface area contributed by atoms with Crippen LogP contribution in [0.4, 0.5) is 0 Å². The minimum Gasteiger partial charge on any atom is -0.249 e. The highest BCUT2D eigenvalue weighted by molar-refractivity contribution is 9.10. The molecule has 0 aliphatic rings. The van der Waals surface area contributed by atoms with Crippen LogP contribution >= 0.6 is 39.3 Å². The van der Waals surface area contributed by atoms with E-state index in [0.29, 0.717) is 5.75 Å². The zero-order chi connectivity index (χ0) is 9.68. The van der Waals surface area contributed by atoms with Gasteiger partial charge in [-0.15, -0.1) is 23.4 Å². The average molecular weight is 278 g/mol. The third-order valence-corrected chi connectivity index (χ3v) is 3.67. The van der Waals surface area contributed by atoms with E-state index in [0.717, 1.165) is 9.50 Å². The lowest BCUT2D eigenvalue weighted by atomic mass is 10.5. The van der Waals surface area contributed by atoms with Gasteiger partial charge in [0.15, 0.2) is 0 Å². The summed E-state index contributed by atoms with van der Waals surface area (Å²) in [5.74, 6) is 0.549. The summed E-state index contributed by atoms with van der Waals surface area (Å²) in [6.07, 6.45) is 1.71. The maximum atomic E-state index is 8.45. The molecule has 0 aliphatic carbocycles. The number of pyridine rings is 1. The maximum absolute atomic E-state index is 8.45. The number of hydrogen-bond donors (Lipinski definition) is 0. The van der Waals surface area contributed by atoms with Crippen molar-refractivity contribution in [2.24, 2.45) is 0 Å². The van der Waals surface area contributed by atoms with E-state index in [-0.39, 0.29) is 0 Å². The van der Waals surface area contributed by atoms with Gasteiger partial charge in [0.25, 0.3) is 0 Å². The van der Waals surface area contributed by atoms with Crippen molar-refractivity contribution in [3.05, 3.63) is 22.8 Å². The molecule has 0 spiro atoms. The Morgan fingerprint density at radius 3 is 3.15 bits per heavy atom. The summed E-state index contributed by atoms with van der Waals surface area (Å²) in [7, 11) is 0. The van der Waals surface area contributed by atoms with Crippen molar-refractivity contribution in [3.8, 4) is 6.07 Å². The van der Waals surface area contributed by atoms with E-state index in [1.807, 2.05) is 18.2 Å². The minimum absolute atomic E-state index is 0.459. The summed E-state index contributed by atoms with van der Waals surface area (Å²) in [6, 6.07) is 5.71. The van der Waals surface area contributed by atoms with Crippen molar-refractivity contribution in [3.63, 3.8) is 0 Å². The molecule has 0 amide bonds. The number of thioether (sulfide) groups is 1. The number of alkyl halides is 1. The van der Waals surface area contributed by atoms with E-state index in [1.54, 1.807) is 6.20 Å². The first-order valence-corrected chi connectivity index (χ1v) is 5.72. The van der Waals surface area contributed by atoms with Crippen LogP contribution in [0.5, 0.6) is 0 Å². The zero-order valence-corrected chi connectivity index (χ0v) is 9.73. The van der Waals surface area contributed by atoms with Crippen LogP contribution in [-0.2, 0) is 0 Å². The molecule has 0 bridgehead atoms. The molecule has 1 heterocycles. The van der Waals surface area contributed by atoms with Gasteiger partial charge < -0.3 is 0 Å². The van der Waals surface area contributed by atoms with Gasteiger partial charge in [-0.05, 0) is 28.1 Å². The second kappa shape index (κ2) is 5.48. The Bertz CT molecular complexity index is 326. The van der Waals surface area contributed by atoms with Crippen molar-refractivity contribution in [1.29, 1.82) is 5.26 Å². The fourth-order valence-electron chi connectivity index (χ4n) is 0.667. The van der Waals surface area contributed by atoms with Crippen LogP contribution in [0, 0.1) is 11.3 Å².